The van der Waals surface area contributed by atoms with E-state index < -0.39 is 35.2 Å². The number of rotatable bonds is 2. The van der Waals surface area contributed by atoms with Gasteiger partial charge in [-0.3, -0.25) is 4.90 Å². The fraction of sp³-hybridized carbons (Fsp3) is 0.588. The van der Waals surface area contributed by atoms with Crippen LogP contribution in [-0.4, -0.2) is 33.3 Å². The van der Waals surface area contributed by atoms with E-state index in [-0.39, 0.29) is 5.56 Å². The predicted molar refractivity (Wildman–Crippen MR) is 81.9 cm³/mol. The predicted octanol–water partition coefficient (Wildman–Crippen LogP) is 3.65. The standard InChI is InChI=1S/C17H24FNO3/c1-16(2,3)22-15(21)19-13(10-17(19,4)5)14(20)11-8-6-7-9-12(11)18/h6-9,13-14,20H,10H2,1-5H3/t13-,14+/m1/s1. The molecule has 0 radical (unpaired) electrons. The van der Waals surface area contributed by atoms with Crippen LogP contribution < -0.4 is 0 Å². The molecule has 22 heavy (non-hydrogen) atoms. The molecule has 0 spiro atoms. The van der Waals surface area contributed by atoms with Gasteiger partial charge in [0.2, 0.25) is 0 Å². The smallest absolute Gasteiger partial charge is 0.411 e. The minimum Gasteiger partial charge on any atom is -0.444 e. The van der Waals surface area contributed by atoms with E-state index in [1.54, 1.807) is 39.0 Å². The summed E-state index contributed by atoms with van der Waals surface area (Å²) in [6.07, 6.45) is -0.965. The number of carbonyl (C=O) groups excluding carboxylic acids is 1. The van der Waals surface area contributed by atoms with Crippen molar-refractivity contribution in [1.29, 1.82) is 0 Å². The van der Waals surface area contributed by atoms with Crippen LogP contribution in [0.25, 0.3) is 0 Å². The van der Waals surface area contributed by atoms with Crippen LogP contribution in [0.1, 0.15) is 52.7 Å². The van der Waals surface area contributed by atoms with Gasteiger partial charge in [0.15, 0.2) is 0 Å². The quantitative estimate of drug-likeness (QED) is 0.907. The number of halogens is 1. The molecule has 5 heteroatoms. The Morgan fingerprint density at radius 3 is 2.50 bits per heavy atom. The Kier molecular flexibility index (Phi) is 4.22. The van der Waals surface area contributed by atoms with Gasteiger partial charge in [-0.25, -0.2) is 9.18 Å². The van der Waals surface area contributed by atoms with Crippen LogP contribution in [0.5, 0.6) is 0 Å². The molecule has 0 unspecified atom stereocenters. The van der Waals surface area contributed by atoms with Gasteiger partial charge in [-0.2, -0.15) is 0 Å². The van der Waals surface area contributed by atoms with Crippen LogP contribution in [0.4, 0.5) is 9.18 Å². The first-order valence-corrected chi connectivity index (χ1v) is 7.48. The number of hydrogen-bond donors (Lipinski definition) is 1. The average molecular weight is 309 g/mol. The van der Waals surface area contributed by atoms with E-state index in [1.165, 1.54) is 11.0 Å². The Bertz CT molecular complexity index is 565. The Morgan fingerprint density at radius 1 is 1.41 bits per heavy atom. The van der Waals surface area contributed by atoms with Gasteiger partial charge in [-0.1, -0.05) is 18.2 Å². The molecular weight excluding hydrogens is 285 g/mol. The maximum atomic E-state index is 13.9. The van der Waals surface area contributed by atoms with E-state index in [9.17, 15) is 14.3 Å². The third-order valence-electron chi connectivity index (χ3n) is 3.87. The maximum absolute atomic E-state index is 13.9. The van der Waals surface area contributed by atoms with Gasteiger partial charge in [-0.05, 0) is 47.1 Å². The Balaban J connectivity index is 2.21. The van der Waals surface area contributed by atoms with Crippen LogP contribution in [0.15, 0.2) is 24.3 Å². The molecule has 1 aromatic carbocycles. The molecule has 4 nitrogen and oxygen atoms in total. The summed E-state index contributed by atoms with van der Waals surface area (Å²) in [6.45, 7) is 9.18. The van der Waals surface area contributed by atoms with Gasteiger partial charge < -0.3 is 9.84 Å². The van der Waals surface area contributed by atoms with E-state index in [4.69, 9.17) is 4.74 Å². The molecule has 0 aromatic heterocycles. The molecule has 2 atom stereocenters. The zero-order valence-electron chi connectivity index (χ0n) is 13.8. The van der Waals surface area contributed by atoms with Gasteiger partial charge >= 0.3 is 6.09 Å². The molecule has 1 N–H and O–H groups in total. The van der Waals surface area contributed by atoms with Crippen LogP contribution in [-0.2, 0) is 4.74 Å². The largest absolute Gasteiger partial charge is 0.444 e. The molecule has 122 valence electrons. The zero-order chi connectivity index (χ0) is 16.7. The number of ether oxygens (including phenoxy) is 1. The summed E-state index contributed by atoms with van der Waals surface area (Å²) in [7, 11) is 0. The van der Waals surface area contributed by atoms with Crippen molar-refractivity contribution >= 4 is 6.09 Å². The van der Waals surface area contributed by atoms with E-state index in [0.717, 1.165) is 0 Å². The van der Waals surface area contributed by atoms with E-state index in [0.29, 0.717) is 6.42 Å². The first kappa shape index (κ1) is 16.7. The molecule has 1 amide bonds. The molecular formula is C17H24FNO3. The van der Waals surface area contributed by atoms with Crippen molar-refractivity contribution in [2.75, 3.05) is 0 Å². The molecule has 0 saturated carbocycles. The summed E-state index contributed by atoms with van der Waals surface area (Å²) in [4.78, 5) is 13.9. The molecule has 0 aliphatic carbocycles. The fourth-order valence-electron chi connectivity index (χ4n) is 2.91. The van der Waals surface area contributed by atoms with Gasteiger partial charge in [0.05, 0.1) is 6.04 Å². The third kappa shape index (κ3) is 3.24. The van der Waals surface area contributed by atoms with Gasteiger partial charge in [0.1, 0.15) is 17.5 Å². The summed E-state index contributed by atoms with van der Waals surface area (Å²) in [5.74, 6) is -0.469. The monoisotopic (exact) mass is 309 g/mol. The average Bonchev–Trinajstić information content (AvgIpc) is 2.33. The molecule has 1 aliphatic rings. The lowest BCUT2D eigenvalue weighted by atomic mass is 9.77. The zero-order valence-corrected chi connectivity index (χ0v) is 13.8. The second-order valence-electron chi connectivity index (χ2n) is 7.40. The lowest BCUT2D eigenvalue weighted by Crippen LogP contribution is -2.67. The normalized spacial score (nSPS) is 22.0. The summed E-state index contributed by atoms with van der Waals surface area (Å²) < 4.78 is 19.3. The first-order chi connectivity index (χ1) is 10.0. The highest BCUT2D eigenvalue weighted by Crippen LogP contribution is 2.43. The number of carbonyl (C=O) groups is 1. The molecule has 1 fully saturated rings. The highest BCUT2D eigenvalue weighted by molar-refractivity contribution is 5.71. The molecule has 2 rings (SSSR count). The number of nitrogens with zero attached hydrogens (tertiary/aromatic N) is 1. The lowest BCUT2D eigenvalue weighted by Gasteiger charge is -2.56. The summed E-state index contributed by atoms with van der Waals surface area (Å²) >= 11 is 0. The topological polar surface area (TPSA) is 49.8 Å². The van der Waals surface area contributed by atoms with E-state index in [1.807, 2.05) is 13.8 Å². The SMILES string of the molecule is CC(C)(C)OC(=O)N1[C@@H]([C@@H](O)c2ccccc2F)CC1(C)C. The van der Waals surface area contributed by atoms with Crippen molar-refractivity contribution in [3.8, 4) is 0 Å². The summed E-state index contributed by atoms with van der Waals surface area (Å²) in [5, 5.41) is 10.5. The maximum Gasteiger partial charge on any atom is 0.411 e. The molecule has 1 saturated heterocycles. The molecule has 1 heterocycles. The molecule has 0 bridgehead atoms. The van der Waals surface area contributed by atoms with Gasteiger partial charge in [0, 0.05) is 11.1 Å². The number of likely N-dealkylation sites (tertiary alicyclic amines) is 1. The number of hydrogen-bond acceptors (Lipinski definition) is 3. The first-order valence-electron chi connectivity index (χ1n) is 7.48. The number of benzene rings is 1. The third-order valence-corrected chi connectivity index (χ3v) is 3.87. The Morgan fingerprint density at radius 2 is 2.00 bits per heavy atom. The highest BCUT2D eigenvalue weighted by atomic mass is 19.1. The van der Waals surface area contributed by atoms with Gasteiger partial charge in [0.25, 0.3) is 0 Å². The van der Waals surface area contributed by atoms with Crippen LogP contribution in [0.3, 0.4) is 0 Å². The number of aliphatic hydroxyl groups is 1. The highest BCUT2D eigenvalue weighted by Gasteiger charge is 2.52. The Labute approximate surface area is 130 Å². The van der Waals surface area contributed by atoms with Crippen molar-refractivity contribution in [3.05, 3.63) is 35.6 Å². The number of aliphatic hydroxyl groups excluding tert-OH is 1. The second-order valence-corrected chi connectivity index (χ2v) is 7.40. The van der Waals surface area contributed by atoms with E-state index >= 15 is 0 Å². The minimum atomic E-state index is -1.07. The fourth-order valence-corrected chi connectivity index (χ4v) is 2.91. The van der Waals surface area contributed by atoms with E-state index in [2.05, 4.69) is 0 Å². The number of amides is 1. The van der Waals surface area contributed by atoms with Crippen molar-refractivity contribution in [1.82, 2.24) is 4.90 Å². The van der Waals surface area contributed by atoms with Gasteiger partial charge in [-0.15, -0.1) is 0 Å². The minimum absolute atomic E-state index is 0.205. The Hall–Kier alpha value is -1.62. The van der Waals surface area contributed by atoms with Crippen molar-refractivity contribution in [2.45, 2.75) is 64.3 Å². The molecule has 1 aromatic rings. The van der Waals surface area contributed by atoms with Crippen LogP contribution >= 0.6 is 0 Å². The van der Waals surface area contributed by atoms with Crippen LogP contribution in [0, 0.1) is 5.82 Å². The molecule has 1 aliphatic heterocycles. The van der Waals surface area contributed by atoms with Crippen molar-refractivity contribution in [2.24, 2.45) is 0 Å². The summed E-state index contributed by atoms with van der Waals surface area (Å²) in [5.41, 5.74) is -0.827. The van der Waals surface area contributed by atoms with Crippen molar-refractivity contribution < 1.29 is 19.0 Å². The van der Waals surface area contributed by atoms with Crippen molar-refractivity contribution in [3.63, 3.8) is 0 Å². The second kappa shape index (κ2) is 5.54. The lowest BCUT2D eigenvalue weighted by molar-refractivity contribution is -0.105. The van der Waals surface area contributed by atoms with Crippen LogP contribution in [0.2, 0.25) is 0 Å². The summed E-state index contributed by atoms with van der Waals surface area (Å²) in [6, 6.07) is 5.60.